The van der Waals surface area contributed by atoms with E-state index in [9.17, 15) is 9.59 Å². The number of amides is 1. The number of halogens is 1. The van der Waals surface area contributed by atoms with Gasteiger partial charge in [0.15, 0.2) is 5.16 Å². The quantitative estimate of drug-likeness (QED) is 0.218. The van der Waals surface area contributed by atoms with Gasteiger partial charge in [-0.05, 0) is 67.6 Å². The molecule has 0 aliphatic carbocycles. The van der Waals surface area contributed by atoms with Gasteiger partial charge in [0.05, 0.1) is 18.0 Å². The number of para-hydroxylation sites is 1. The number of carbonyl (C=O) groups excluding carboxylic acids is 1. The molecule has 0 saturated carbocycles. The van der Waals surface area contributed by atoms with E-state index in [1.807, 2.05) is 25.1 Å². The van der Waals surface area contributed by atoms with Crippen molar-refractivity contribution in [3.05, 3.63) is 88.2 Å². The molecule has 35 heavy (non-hydrogen) atoms. The van der Waals surface area contributed by atoms with Crippen LogP contribution in [0.2, 0.25) is 5.02 Å². The van der Waals surface area contributed by atoms with Crippen LogP contribution in [0.3, 0.4) is 0 Å². The molecule has 2 heterocycles. The molecular formula is C26H20ClN3O4S. The largest absolute Gasteiger partial charge is 0.494 e. The second-order valence-corrected chi connectivity index (χ2v) is 8.96. The molecule has 1 amide bonds. The van der Waals surface area contributed by atoms with E-state index < -0.39 is 0 Å². The Morgan fingerprint density at radius 2 is 1.83 bits per heavy atom. The van der Waals surface area contributed by atoms with E-state index in [0.29, 0.717) is 45.0 Å². The number of nitrogens with one attached hydrogen (secondary N) is 1. The molecule has 0 unspecified atom stereocenters. The lowest BCUT2D eigenvalue weighted by Gasteiger charge is -2.12. The van der Waals surface area contributed by atoms with Crippen LogP contribution in [0.4, 0.5) is 5.69 Å². The first-order valence-electron chi connectivity index (χ1n) is 10.9. The number of carbonyl (C=O) groups is 1. The molecule has 5 rings (SSSR count). The van der Waals surface area contributed by atoms with Crippen molar-refractivity contribution < 1.29 is 13.9 Å². The molecule has 0 bridgehead atoms. The van der Waals surface area contributed by atoms with Gasteiger partial charge in [-0.3, -0.25) is 14.2 Å². The molecule has 0 spiro atoms. The average Bonchev–Trinajstić information content (AvgIpc) is 3.24. The summed E-state index contributed by atoms with van der Waals surface area (Å²) in [6.07, 6.45) is 0. The van der Waals surface area contributed by atoms with Crippen LogP contribution >= 0.6 is 23.4 Å². The molecular weight excluding hydrogens is 486 g/mol. The summed E-state index contributed by atoms with van der Waals surface area (Å²) in [5.41, 5.74) is 2.08. The Hall–Kier alpha value is -3.75. The van der Waals surface area contributed by atoms with Crippen molar-refractivity contribution in [2.45, 2.75) is 12.1 Å². The van der Waals surface area contributed by atoms with E-state index in [0.717, 1.165) is 5.39 Å². The number of anilines is 1. The van der Waals surface area contributed by atoms with Gasteiger partial charge in [0.2, 0.25) is 11.5 Å². The maximum atomic E-state index is 13.6. The van der Waals surface area contributed by atoms with Crippen LogP contribution in [0.25, 0.3) is 27.8 Å². The normalized spacial score (nSPS) is 11.1. The van der Waals surface area contributed by atoms with Crippen molar-refractivity contribution in [1.82, 2.24) is 9.55 Å². The summed E-state index contributed by atoms with van der Waals surface area (Å²) in [7, 11) is 0. The Balaban J connectivity index is 1.53. The highest BCUT2D eigenvalue weighted by Crippen LogP contribution is 2.29. The summed E-state index contributed by atoms with van der Waals surface area (Å²) >= 11 is 7.08. The maximum absolute atomic E-state index is 13.6. The van der Waals surface area contributed by atoms with Crippen LogP contribution in [-0.2, 0) is 4.79 Å². The van der Waals surface area contributed by atoms with E-state index in [-0.39, 0.29) is 22.8 Å². The number of fused-ring (bicyclic) bond motifs is 3. The number of benzene rings is 3. The van der Waals surface area contributed by atoms with Gasteiger partial charge in [-0.2, -0.15) is 0 Å². The topological polar surface area (TPSA) is 86.4 Å². The second-order valence-electron chi connectivity index (χ2n) is 7.58. The SMILES string of the molecule is CCOc1ccc(-n2c(SCC(=O)Nc3ccc(Cl)cc3)nc3c(oc4ccccc43)c2=O)cc1. The minimum absolute atomic E-state index is 0.0490. The highest BCUT2D eigenvalue weighted by Gasteiger charge is 2.20. The number of thioether (sulfide) groups is 1. The number of nitrogens with zero attached hydrogens (tertiary/aromatic N) is 2. The van der Waals surface area contributed by atoms with Gasteiger partial charge in [-0.25, -0.2) is 4.98 Å². The fourth-order valence-corrected chi connectivity index (χ4v) is 4.60. The molecule has 176 valence electrons. The van der Waals surface area contributed by atoms with E-state index in [2.05, 4.69) is 5.32 Å². The van der Waals surface area contributed by atoms with Gasteiger partial charge in [-0.15, -0.1) is 0 Å². The zero-order chi connectivity index (χ0) is 24.4. The lowest BCUT2D eigenvalue weighted by atomic mass is 10.2. The monoisotopic (exact) mass is 505 g/mol. The lowest BCUT2D eigenvalue weighted by molar-refractivity contribution is -0.113. The third kappa shape index (κ3) is 4.76. The molecule has 3 aromatic carbocycles. The molecule has 7 nitrogen and oxygen atoms in total. The summed E-state index contributed by atoms with van der Waals surface area (Å²) < 4.78 is 12.8. The summed E-state index contributed by atoms with van der Waals surface area (Å²) in [4.78, 5) is 31.0. The Kier molecular flexibility index (Phi) is 6.48. The standard InChI is InChI=1S/C26H20ClN3O4S/c1-2-33-19-13-11-18(12-14-19)30-25(32)24-23(20-5-3-4-6-21(20)34-24)29-26(30)35-15-22(31)28-17-9-7-16(27)8-10-17/h3-14H,2,15H2,1H3,(H,28,31). The minimum atomic E-state index is -0.351. The average molecular weight is 506 g/mol. The summed E-state index contributed by atoms with van der Waals surface area (Å²) in [5, 5.41) is 4.53. The van der Waals surface area contributed by atoms with Crippen molar-refractivity contribution in [1.29, 1.82) is 0 Å². The maximum Gasteiger partial charge on any atom is 0.302 e. The van der Waals surface area contributed by atoms with Crippen LogP contribution in [-0.4, -0.2) is 27.8 Å². The number of rotatable bonds is 7. The van der Waals surface area contributed by atoms with Crippen molar-refractivity contribution in [2.75, 3.05) is 17.7 Å². The molecule has 0 atom stereocenters. The fourth-order valence-electron chi connectivity index (χ4n) is 3.66. The molecule has 2 aromatic heterocycles. The number of ether oxygens (including phenoxy) is 1. The van der Waals surface area contributed by atoms with Crippen LogP contribution in [0.5, 0.6) is 5.75 Å². The molecule has 0 fully saturated rings. The van der Waals surface area contributed by atoms with Crippen molar-refractivity contribution in [3.8, 4) is 11.4 Å². The number of furan rings is 1. The number of hydrogen-bond acceptors (Lipinski definition) is 6. The number of hydrogen-bond donors (Lipinski definition) is 1. The van der Waals surface area contributed by atoms with Gasteiger partial charge in [0, 0.05) is 16.1 Å². The summed E-state index contributed by atoms with van der Waals surface area (Å²) in [5.74, 6) is 0.508. The predicted molar refractivity (Wildman–Crippen MR) is 139 cm³/mol. The highest BCUT2D eigenvalue weighted by atomic mass is 35.5. The van der Waals surface area contributed by atoms with Gasteiger partial charge < -0.3 is 14.5 Å². The zero-order valence-corrected chi connectivity index (χ0v) is 20.2. The minimum Gasteiger partial charge on any atom is -0.494 e. The molecule has 0 aliphatic rings. The van der Waals surface area contributed by atoms with E-state index in [4.69, 9.17) is 25.7 Å². The van der Waals surface area contributed by atoms with Crippen molar-refractivity contribution in [3.63, 3.8) is 0 Å². The molecule has 0 saturated heterocycles. The number of aromatic nitrogens is 2. The molecule has 0 aliphatic heterocycles. The predicted octanol–water partition coefficient (Wildman–Crippen LogP) is 5.91. The van der Waals surface area contributed by atoms with Crippen LogP contribution in [0, 0.1) is 0 Å². The van der Waals surface area contributed by atoms with Gasteiger partial charge in [-0.1, -0.05) is 35.5 Å². The van der Waals surface area contributed by atoms with E-state index >= 15 is 0 Å². The summed E-state index contributed by atoms with van der Waals surface area (Å²) in [6.45, 7) is 2.44. The lowest BCUT2D eigenvalue weighted by Crippen LogP contribution is -2.22. The highest BCUT2D eigenvalue weighted by molar-refractivity contribution is 7.99. The van der Waals surface area contributed by atoms with E-state index in [1.165, 1.54) is 16.3 Å². The zero-order valence-electron chi connectivity index (χ0n) is 18.7. The molecule has 1 N–H and O–H groups in total. The van der Waals surface area contributed by atoms with Gasteiger partial charge >= 0.3 is 5.56 Å². The first kappa shape index (κ1) is 23.0. The third-order valence-electron chi connectivity index (χ3n) is 5.23. The van der Waals surface area contributed by atoms with E-state index in [1.54, 1.807) is 54.6 Å². The Morgan fingerprint density at radius 3 is 2.57 bits per heavy atom. The Labute approximate surface area is 209 Å². The van der Waals surface area contributed by atoms with Crippen LogP contribution in [0.15, 0.2) is 87.2 Å². The van der Waals surface area contributed by atoms with Gasteiger partial charge in [0.25, 0.3) is 0 Å². The van der Waals surface area contributed by atoms with Crippen molar-refractivity contribution >= 4 is 57.0 Å². The van der Waals surface area contributed by atoms with Crippen LogP contribution in [0.1, 0.15) is 6.92 Å². The van der Waals surface area contributed by atoms with Crippen molar-refractivity contribution in [2.24, 2.45) is 0 Å². The third-order valence-corrected chi connectivity index (χ3v) is 6.42. The fraction of sp³-hybridized carbons (Fsp3) is 0.115. The summed E-state index contributed by atoms with van der Waals surface area (Å²) in [6, 6.07) is 21.3. The van der Waals surface area contributed by atoms with Crippen LogP contribution < -0.4 is 15.6 Å². The first-order valence-corrected chi connectivity index (χ1v) is 12.3. The molecule has 0 radical (unpaired) electrons. The second kappa shape index (κ2) is 9.85. The Bertz CT molecular complexity index is 1580. The first-order chi connectivity index (χ1) is 17.0. The Morgan fingerprint density at radius 1 is 1.09 bits per heavy atom. The molecule has 5 aromatic rings. The smallest absolute Gasteiger partial charge is 0.302 e. The van der Waals surface area contributed by atoms with Gasteiger partial charge in [0.1, 0.15) is 16.8 Å². The molecule has 9 heteroatoms.